The number of hydrogen-bond donors (Lipinski definition) is 1. The maximum absolute atomic E-state index is 12.7. The van der Waals surface area contributed by atoms with Crippen LogP contribution in [0, 0.1) is 0 Å². The average Bonchev–Trinajstić information content (AvgIpc) is 3.10. The number of ether oxygens (including phenoxy) is 1. The maximum atomic E-state index is 12.7. The Morgan fingerprint density at radius 2 is 2.22 bits per heavy atom. The van der Waals surface area contributed by atoms with Gasteiger partial charge in [0.1, 0.15) is 5.56 Å². The molecule has 122 valence electrons. The summed E-state index contributed by atoms with van der Waals surface area (Å²) < 4.78 is 5.20. The van der Waals surface area contributed by atoms with Crippen molar-refractivity contribution in [1.29, 1.82) is 0 Å². The molecule has 1 N–H and O–H groups in total. The number of pyridine rings is 1. The molecule has 1 fully saturated rings. The van der Waals surface area contributed by atoms with E-state index in [0.717, 1.165) is 32.4 Å². The summed E-state index contributed by atoms with van der Waals surface area (Å²) in [7, 11) is 1.54. The molecule has 6 heteroatoms. The molecule has 1 saturated heterocycles. The number of aryl methyl sites for hydroxylation is 1. The van der Waals surface area contributed by atoms with Gasteiger partial charge in [0.05, 0.1) is 13.3 Å². The normalized spacial score (nSPS) is 15.7. The molecular weight excluding hydrogens is 292 g/mol. The molecule has 1 aliphatic rings. The van der Waals surface area contributed by atoms with Crippen molar-refractivity contribution in [1.82, 2.24) is 20.1 Å². The number of piperidine rings is 1. The summed E-state index contributed by atoms with van der Waals surface area (Å²) >= 11 is 0. The van der Waals surface area contributed by atoms with E-state index in [1.165, 1.54) is 18.4 Å². The van der Waals surface area contributed by atoms with Gasteiger partial charge in [0.15, 0.2) is 0 Å². The van der Waals surface area contributed by atoms with Crippen molar-refractivity contribution in [2.75, 3.05) is 20.2 Å². The highest BCUT2D eigenvalue weighted by atomic mass is 16.5. The number of nitrogens with zero attached hydrogens (tertiary/aromatic N) is 3. The first-order valence-corrected chi connectivity index (χ1v) is 8.05. The Hall–Kier alpha value is -2.37. The number of rotatable bonds is 4. The molecule has 3 rings (SSSR count). The zero-order valence-corrected chi connectivity index (χ0v) is 13.6. The van der Waals surface area contributed by atoms with Crippen LogP contribution in [-0.4, -0.2) is 46.2 Å². The second kappa shape index (κ2) is 6.81. The lowest BCUT2D eigenvalue weighted by Crippen LogP contribution is -2.38. The zero-order valence-electron chi connectivity index (χ0n) is 13.6. The number of nitrogens with one attached hydrogen (secondary N) is 1. The first kappa shape index (κ1) is 15.5. The SMILES string of the molecule is CCc1cn[nH]c1C1CCN(C(=O)c2cccnc2OC)CC1. The van der Waals surface area contributed by atoms with E-state index in [9.17, 15) is 4.79 Å². The first-order chi connectivity index (χ1) is 11.2. The highest BCUT2D eigenvalue weighted by Crippen LogP contribution is 2.30. The third kappa shape index (κ3) is 3.06. The van der Waals surface area contributed by atoms with E-state index >= 15 is 0 Å². The number of aromatic nitrogens is 3. The molecule has 0 unspecified atom stereocenters. The number of carbonyl (C=O) groups excluding carboxylic acids is 1. The van der Waals surface area contributed by atoms with Crippen molar-refractivity contribution in [3.8, 4) is 5.88 Å². The topological polar surface area (TPSA) is 71.1 Å². The van der Waals surface area contributed by atoms with Crippen LogP contribution in [0.5, 0.6) is 5.88 Å². The van der Waals surface area contributed by atoms with Crippen LogP contribution >= 0.6 is 0 Å². The second-order valence-electron chi connectivity index (χ2n) is 5.79. The Kier molecular flexibility index (Phi) is 4.60. The van der Waals surface area contributed by atoms with Gasteiger partial charge >= 0.3 is 0 Å². The fourth-order valence-electron chi connectivity index (χ4n) is 3.21. The maximum Gasteiger partial charge on any atom is 0.259 e. The standard InChI is InChI=1S/C17H22N4O2/c1-3-12-11-19-20-15(12)13-6-9-21(10-7-13)17(22)14-5-4-8-18-16(14)23-2/h4-5,8,11,13H,3,6-7,9-10H2,1-2H3,(H,19,20). The molecule has 3 heterocycles. The number of carbonyl (C=O) groups is 1. The summed E-state index contributed by atoms with van der Waals surface area (Å²) in [6, 6.07) is 3.53. The van der Waals surface area contributed by atoms with Gasteiger partial charge in [0, 0.05) is 30.9 Å². The molecule has 6 nitrogen and oxygen atoms in total. The average molecular weight is 314 g/mol. The van der Waals surface area contributed by atoms with E-state index in [2.05, 4.69) is 22.1 Å². The lowest BCUT2D eigenvalue weighted by molar-refractivity contribution is 0.0707. The minimum atomic E-state index is -0.00581. The van der Waals surface area contributed by atoms with E-state index in [0.29, 0.717) is 17.4 Å². The van der Waals surface area contributed by atoms with Crippen molar-refractivity contribution in [2.24, 2.45) is 0 Å². The third-order valence-electron chi connectivity index (χ3n) is 4.52. The Labute approximate surface area is 135 Å². The Morgan fingerprint density at radius 3 is 2.91 bits per heavy atom. The van der Waals surface area contributed by atoms with Crippen LogP contribution in [-0.2, 0) is 6.42 Å². The van der Waals surface area contributed by atoms with Crippen LogP contribution in [0.15, 0.2) is 24.5 Å². The summed E-state index contributed by atoms with van der Waals surface area (Å²) in [5.41, 5.74) is 3.05. The van der Waals surface area contributed by atoms with Crippen LogP contribution in [0.25, 0.3) is 0 Å². The van der Waals surface area contributed by atoms with Crippen molar-refractivity contribution in [3.05, 3.63) is 41.3 Å². The zero-order chi connectivity index (χ0) is 16.2. The summed E-state index contributed by atoms with van der Waals surface area (Å²) in [6.45, 7) is 3.62. The van der Waals surface area contributed by atoms with Gasteiger partial charge in [-0.3, -0.25) is 9.89 Å². The lowest BCUT2D eigenvalue weighted by atomic mass is 9.90. The van der Waals surface area contributed by atoms with Crippen LogP contribution in [0.3, 0.4) is 0 Å². The molecule has 1 amide bonds. The van der Waals surface area contributed by atoms with Gasteiger partial charge in [0.2, 0.25) is 5.88 Å². The van der Waals surface area contributed by atoms with Gasteiger partial charge in [-0.1, -0.05) is 6.92 Å². The quantitative estimate of drug-likeness (QED) is 0.940. The number of likely N-dealkylation sites (tertiary alicyclic amines) is 1. The van der Waals surface area contributed by atoms with Crippen molar-refractivity contribution < 1.29 is 9.53 Å². The minimum Gasteiger partial charge on any atom is -0.480 e. The molecule has 0 atom stereocenters. The smallest absolute Gasteiger partial charge is 0.259 e. The van der Waals surface area contributed by atoms with Crippen LogP contribution < -0.4 is 4.74 Å². The third-order valence-corrected chi connectivity index (χ3v) is 4.52. The van der Waals surface area contributed by atoms with E-state index in [1.54, 1.807) is 18.3 Å². The summed E-state index contributed by atoms with van der Waals surface area (Å²) in [5, 5.41) is 7.30. The summed E-state index contributed by atoms with van der Waals surface area (Å²) in [4.78, 5) is 18.7. The summed E-state index contributed by atoms with van der Waals surface area (Å²) in [6.07, 6.45) is 6.42. The molecule has 0 spiro atoms. The number of aromatic amines is 1. The second-order valence-corrected chi connectivity index (χ2v) is 5.79. The Balaban J connectivity index is 1.68. The molecule has 0 saturated carbocycles. The van der Waals surface area contributed by atoms with Gasteiger partial charge in [0.25, 0.3) is 5.91 Å². The number of amides is 1. The largest absolute Gasteiger partial charge is 0.480 e. The van der Waals surface area contributed by atoms with E-state index in [1.807, 2.05) is 11.1 Å². The number of methoxy groups -OCH3 is 1. The van der Waals surface area contributed by atoms with Crippen molar-refractivity contribution in [3.63, 3.8) is 0 Å². The van der Waals surface area contributed by atoms with E-state index < -0.39 is 0 Å². The molecule has 1 aliphatic heterocycles. The van der Waals surface area contributed by atoms with Gasteiger partial charge in [-0.2, -0.15) is 5.10 Å². The number of H-pyrrole nitrogens is 1. The van der Waals surface area contributed by atoms with Gasteiger partial charge < -0.3 is 9.64 Å². The van der Waals surface area contributed by atoms with Crippen molar-refractivity contribution >= 4 is 5.91 Å². The molecule has 0 bridgehead atoms. The fourth-order valence-corrected chi connectivity index (χ4v) is 3.21. The van der Waals surface area contributed by atoms with Crippen LogP contribution in [0.2, 0.25) is 0 Å². The molecule has 0 aliphatic carbocycles. The Morgan fingerprint density at radius 1 is 1.43 bits per heavy atom. The van der Waals surface area contributed by atoms with Gasteiger partial charge in [-0.25, -0.2) is 4.98 Å². The van der Waals surface area contributed by atoms with Gasteiger partial charge in [-0.15, -0.1) is 0 Å². The molecular formula is C17H22N4O2. The Bertz CT molecular complexity index is 675. The monoisotopic (exact) mass is 314 g/mol. The molecule has 0 radical (unpaired) electrons. The lowest BCUT2D eigenvalue weighted by Gasteiger charge is -2.32. The molecule has 0 aromatic carbocycles. The number of hydrogen-bond acceptors (Lipinski definition) is 4. The predicted molar refractivity (Wildman–Crippen MR) is 86.6 cm³/mol. The van der Waals surface area contributed by atoms with Gasteiger partial charge in [-0.05, 0) is 37.0 Å². The van der Waals surface area contributed by atoms with E-state index in [-0.39, 0.29) is 5.91 Å². The first-order valence-electron chi connectivity index (χ1n) is 8.05. The molecule has 23 heavy (non-hydrogen) atoms. The van der Waals surface area contributed by atoms with Crippen LogP contribution in [0.4, 0.5) is 0 Å². The summed E-state index contributed by atoms with van der Waals surface area (Å²) in [5.74, 6) is 0.836. The van der Waals surface area contributed by atoms with Crippen LogP contribution in [0.1, 0.15) is 47.3 Å². The molecule has 2 aromatic heterocycles. The molecule has 2 aromatic rings. The predicted octanol–water partition coefficient (Wildman–Crippen LogP) is 2.40. The highest BCUT2D eigenvalue weighted by Gasteiger charge is 2.28. The minimum absolute atomic E-state index is 0.00581. The fraction of sp³-hybridized carbons (Fsp3) is 0.471. The van der Waals surface area contributed by atoms with Crippen molar-refractivity contribution in [2.45, 2.75) is 32.1 Å². The highest BCUT2D eigenvalue weighted by molar-refractivity contribution is 5.96. The van der Waals surface area contributed by atoms with E-state index in [4.69, 9.17) is 4.74 Å².